The zero-order valence-electron chi connectivity index (χ0n) is 21.8. The van der Waals surface area contributed by atoms with E-state index in [0.29, 0.717) is 29.2 Å². The van der Waals surface area contributed by atoms with Crippen molar-refractivity contribution in [3.8, 4) is 28.4 Å². The van der Waals surface area contributed by atoms with Gasteiger partial charge in [-0.3, -0.25) is 4.79 Å². The molecule has 0 aliphatic carbocycles. The molecule has 1 amide bonds. The van der Waals surface area contributed by atoms with Crippen LogP contribution in [0.5, 0.6) is 11.5 Å². The summed E-state index contributed by atoms with van der Waals surface area (Å²) in [7, 11) is 1.30. The molecule has 0 bridgehead atoms. The first-order valence-electron chi connectivity index (χ1n) is 12.2. The zero-order valence-corrected chi connectivity index (χ0v) is 24.0. The average molecular weight is 637 g/mol. The van der Waals surface area contributed by atoms with Crippen LogP contribution in [-0.2, 0) is 9.53 Å². The van der Waals surface area contributed by atoms with Crippen molar-refractivity contribution < 1.29 is 23.8 Å². The molecule has 0 radical (unpaired) electrons. The van der Waals surface area contributed by atoms with Crippen LogP contribution in [0.25, 0.3) is 16.9 Å². The Morgan fingerprint density at radius 3 is 2.44 bits per heavy atom. The molecule has 3 aromatic carbocycles. The maximum absolute atomic E-state index is 12.7. The summed E-state index contributed by atoms with van der Waals surface area (Å²) >= 11 is 2.09. The monoisotopic (exact) mass is 637 g/mol. The van der Waals surface area contributed by atoms with Crippen molar-refractivity contribution in [3.63, 3.8) is 0 Å². The summed E-state index contributed by atoms with van der Waals surface area (Å²) in [5.41, 5.74) is 8.01. The second-order valence-electron chi connectivity index (χ2n) is 8.44. The number of carbonyl (C=O) groups is 2. The number of nitrogens with one attached hydrogen (secondary N) is 1. The fourth-order valence-electron chi connectivity index (χ4n) is 3.96. The molecule has 0 atom stereocenters. The van der Waals surface area contributed by atoms with E-state index < -0.39 is 5.97 Å². The standard InChI is InChI=1S/C30H28IN3O5/c1-4-38-27-17-21(16-25(31)29(27)39-19-28(35)37-3)18-32-33-30(36)23-11-13-24(14-12-23)34-20(2)10-15-26(34)22-8-6-5-7-9-22/h5-18H,4,19H2,1-3H3,(H,33,36)/b32-18+. The Bertz CT molecular complexity index is 1480. The molecule has 200 valence electrons. The number of nitrogens with zero attached hydrogens (tertiary/aromatic N) is 2. The highest BCUT2D eigenvalue weighted by Gasteiger charge is 2.14. The summed E-state index contributed by atoms with van der Waals surface area (Å²) in [6.07, 6.45) is 1.52. The Labute approximate surface area is 240 Å². The van der Waals surface area contributed by atoms with Crippen LogP contribution in [0.4, 0.5) is 0 Å². The SMILES string of the molecule is CCOc1cc(/C=N/NC(=O)c2ccc(-n3c(C)ccc3-c3ccccc3)cc2)cc(I)c1OCC(=O)OC. The first-order chi connectivity index (χ1) is 18.9. The van der Waals surface area contributed by atoms with Crippen LogP contribution in [0.2, 0.25) is 0 Å². The van der Waals surface area contributed by atoms with E-state index in [1.807, 2.05) is 43.3 Å². The van der Waals surface area contributed by atoms with E-state index in [1.165, 1.54) is 13.3 Å². The molecule has 4 rings (SSSR count). The van der Waals surface area contributed by atoms with Crippen molar-refractivity contribution in [2.24, 2.45) is 5.10 Å². The van der Waals surface area contributed by atoms with Gasteiger partial charge in [0, 0.05) is 16.9 Å². The molecular weight excluding hydrogens is 609 g/mol. The van der Waals surface area contributed by atoms with Crippen molar-refractivity contribution in [2.75, 3.05) is 20.3 Å². The van der Waals surface area contributed by atoms with Crippen molar-refractivity contribution in [3.05, 3.63) is 99.3 Å². The van der Waals surface area contributed by atoms with Gasteiger partial charge in [-0.15, -0.1) is 0 Å². The Morgan fingerprint density at radius 1 is 1.00 bits per heavy atom. The largest absolute Gasteiger partial charge is 0.490 e. The summed E-state index contributed by atoms with van der Waals surface area (Å²) in [5, 5.41) is 4.11. The van der Waals surface area contributed by atoms with Gasteiger partial charge in [-0.05, 0) is 96.1 Å². The van der Waals surface area contributed by atoms with Crippen molar-refractivity contribution in [1.29, 1.82) is 0 Å². The lowest BCUT2D eigenvalue weighted by molar-refractivity contribution is -0.142. The Kier molecular flexibility index (Phi) is 9.37. The van der Waals surface area contributed by atoms with Crippen molar-refractivity contribution >= 4 is 40.7 Å². The van der Waals surface area contributed by atoms with E-state index in [2.05, 4.69) is 73.6 Å². The second-order valence-corrected chi connectivity index (χ2v) is 9.60. The Hall–Kier alpha value is -4.12. The van der Waals surface area contributed by atoms with Gasteiger partial charge >= 0.3 is 5.97 Å². The molecule has 0 saturated heterocycles. The third-order valence-corrected chi connectivity index (χ3v) is 6.61. The van der Waals surface area contributed by atoms with Gasteiger partial charge in [0.05, 0.1) is 29.2 Å². The van der Waals surface area contributed by atoms with Gasteiger partial charge in [0.15, 0.2) is 18.1 Å². The highest BCUT2D eigenvalue weighted by molar-refractivity contribution is 14.1. The smallest absolute Gasteiger partial charge is 0.343 e. The molecule has 0 saturated carbocycles. The molecule has 39 heavy (non-hydrogen) atoms. The normalized spacial score (nSPS) is 10.9. The number of benzene rings is 3. The minimum atomic E-state index is -0.491. The van der Waals surface area contributed by atoms with E-state index in [-0.39, 0.29) is 12.5 Å². The highest BCUT2D eigenvalue weighted by Crippen LogP contribution is 2.34. The molecule has 1 aromatic heterocycles. The van der Waals surface area contributed by atoms with E-state index in [9.17, 15) is 9.59 Å². The number of ether oxygens (including phenoxy) is 3. The van der Waals surface area contributed by atoms with Crippen LogP contribution in [0.3, 0.4) is 0 Å². The number of aromatic nitrogens is 1. The summed E-state index contributed by atoms with van der Waals surface area (Å²) in [5.74, 6) is 0.0853. The van der Waals surface area contributed by atoms with E-state index in [0.717, 1.165) is 26.2 Å². The highest BCUT2D eigenvalue weighted by atomic mass is 127. The fourth-order valence-corrected chi connectivity index (χ4v) is 4.74. The van der Waals surface area contributed by atoms with Crippen LogP contribution in [-0.4, -0.2) is 43.0 Å². The van der Waals surface area contributed by atoms with E-state index >= 15 is 0 Å². The predicted molar refractivity (Wildman–Crippen MR) is 159 cm³/mol. The summed E-state index contributed by atoms with van der Waals surface area (Å²) in [6, 6.07) is 25.3. The number of aryl methyl sites for hydroxylation is 1. The molecule has 0 aliphatic heterocycles. The van der Waals surface area contributed by atoms with Crippen LogP contribution >= 0.6 is 22.6 Å². The zero-order chi connectivity index (χ0) is 27.8. The van der Waals surface area contributed by atoms with Crippen LogP contribution < -0.4 is 14.9 Å². The molecule has 0 fully saturated rings. The van der Waals surface area contributed by atoms with Crippen LogP contribution in [0.15, 0.2) is 84.0 Å². The Morgan fingerprint density at radius 2 is 1.74 bits per heavy atom. The molecule has 0 unspecified atom stereocenters. The second kappa shape index (κ2) is 13.1. The van der Waals surface area contributed by atoms with Gasteiger partial charge in [-0.1, -0.05) is 30.3 Å². The quantitative estimate of drug-likeness (QED) is 0.103. The maximum Gasteiger partial charge on any atom is 0.343 e. The summed E-state index contributed by atoms with van der Waals surface area (Å²) in [4.78, 5) is 24.2. The van der Waals surface area contributed by atoms with Crippen LogP contribution in [0.1, 0.15) is 28.5 Å². The van der Waals surface area contributed by atoms with Gasteiger partial charge in [-0.25, -0.2) is 10.2 Å². The van der Waals surface area contributed by atoms with Crippen molar-refractivity contribution in [2.45, 2.75) is 13.8 Å². The maximum atomic E-state index is 12.7. The van der Waals surface area contributed by atoms with Gasteiger partial charge in [-0.2, -0.15) is 5.10 Å². The number of carbonyl (C=O) groups excluding carboxylic acids is 2. The molecule has 0 aliphatic rings. The fraction of sp³-hybridized carbons (Fsp3) is 0.167. The number of rotatable bonds is 10. The van der Waals surface area contributed by atoms with Gasteiger partial charge in [0.1, 0.15) is 0 Å². The number of halogens is 1. The lowest BCUT2D eigenvalue weighted by Gasteiger charge is -2.14. The number of hydrogen-bond donors (Lipinski definition) is 1. The molecule has 1 heterocycles. The molecular formula is C30H28IN3O5. The first kappa shape index (κ1) is 27.9. The summed E-state index contributed by atoms with van der Waals surface area (Å²) < 4.78 is 18.8. The minimum Gasteiger partial charge on any atom is -0.490 e. The lowest BCUT2D eigenvalue weighted by Crippen LogP contribution is -2.17. The lowest BCUT2D eigenvalue weighted by atomic mass is 10.1. The molecule has 4 aromatic rings. The third-order valence-electron chi connectivity index (χ3n) is 5.81. The number of hydrazone groups is 1. The minimum absolute atomic E-state index is 0.230. The molecule has 8 nitrogen and oxygen atoms in total. The summed E-state index contributed by atoms with van der Waals surface area (Å²) in [6.45, 7) is 4.08. The number of methoxy groups -OCH3 is 1. The Balaban J connectivity index is 1.46. The predicted octanol–water partition coefficient (Wildman–Crippen LogP) is 5.77. The number of esters is 1. The molecule has 0 spiro atoms. The van der Waals surface area contributed by atoms with Crippen molar-refractivity contribution in [1.82, 2.24) is 9.99 Å². The molecule has 9 heteroatoms. The third kappa shape index (κ3) is 6.85. The molecule has 1 N–H and O–H groups in total. The van der Waals surface area contributed by atoms with E-state index in [1.54, 1.807) is 18.2 Å². The van der Waals surface area contributed by atoms with Gasteiger partial charge in [0.25, 0.3) is 5.91 Å². The van der Waals surface area contributed by atoms with E-state index in [4.69, 9.17) is 9.47 Å². The number of hydrogen-bond acceptors (Lipinski definition) is 6. The topological polar surface area (TPSA) is 91.1 Å². The first-order valence-corrected chi connectivity index (χ1v) is 13.3. The van der Waals surface area contributed by atoms with Crippen LogP contribution in [0, 0.1) is 10.5 Å². The van der Waals surface area contributed by atoms with Gasteiger partial charge < -0.3 is 18.8 Å². The average Bonchev–Trinajstić information content (AvgIpc) is 3.34. The van der Waals surface area contributed by atoms with Gasteiger partial charge in [0.2, 0.25) is 0 Å². The number of amides is 1.